The Labute approximate surface area is 72.4 Å². The molecule has 12 heavy (non-hydrogen) atoms. The van der Waals surface area contributed by atoms with E-state index in [-0.39, 0.29) is 0 Å². The first-order valence-electron chi connectivity index (χ1n) is 3.67. The predicted octanol–water partition coefficient (Wildman–Crippen LogP) is 2.35. The fraction of sp³-hybridized carbons (Fsp3) is 0.200. The first-order valence-corrected chi connectivity index (χ1v) is 3.67. The van der Waals surface area contributed by atoms with Crippen LogP contribution in [0.3, 0.4) is 0 Å². The first kappa shape index (κ1) is 8.65. The molecule has 0 bridgehead atoms. The van der Waals surface area contributed by atoms with Crippen LogP contribution in [0.2, 0.25) is 0 Å². The molecule has 0 amide bonds. The average molecular weight is 164 g/mol. The largest absolute Gasteiger partial charge is 0.496 e. The van der Waals surface area contributed by atoms with Crippen molar-refractivity contribution >= 4 is 6.08 Å². The summed E-state index contributed by atoms with van der Waals surface area (Å²) in [7, 11) is 3.25. The molecule has 0 spiro atoms. The van der Waals surface area contributed by atoms with Crippen molar-refractivity contribution in [3.05, 3.63) is 30.3 Å². The van der Waals surface area contributed by atoms with E-state index in [0.29, 0.717) is 0 Å². The van der Waals surface area contributed by atoms with E-state index in [2.05, 4.69) is 6.58 Å². The molecule has 2 heteroatoms. The number of hydrogen-bond acceptors (Lipinski definition) is 2. The van der Waals surface area contributed by atoms with E-state index in [1.807, 2.05) is 18.2 Å². The molecule has 0 aliphatic rings. The van der Waals surface area contributed by atoms with Crippen molar-refractivity contribution < 1.29 is 9.47 Å². The summed E-state index contributed by atoms with van der Waals surface area (Å²) in [5.41, 5.74) is 0.891. The summed E-state index contributed by atoms with van der Waals surface area (Å²) in [5.74, 6) is 1.56. The zero-order valence-electron chi connectivity index (χ0n) is 7.33. The molecule has 1 aromatic carbocycles. The molecule has 0 saturated heterocycles. The van der Waals surface area contributed by atoms with E-state index < -0.39 is 0 Å². The minimum absolute atomic E-state index is 0.782. The molecule has 0 aliphatic heterocycles. The Morgan fingerprint density at radius 3 is 2.00 bits per heavy atom. The maximum atomic E-state index is 5.13. The molecule has 0 unspecified atom stereocenters. The molecular formula is C10H12O2. The quantitative estimate of drug-likeness (QED) is 0.682. The van der Waals surface area contributed by atoms with Gasteiger partial charge in [0.05, 0.1) is 19.8 Å². The minimum Gasteiger partial charge on any atom is -0.496 e. The lowest BCUT2D eigenvalue weighted by molar-refractivity contribution is 0.392. The lowest BCUT2D eigenvalue weighted by atomic mass is 10.2. The molecule has 64 valence electrons. The van der Waals surface area contributed by atoms with Gasteiger partial charge in [-0.2, -0.15) is 0 Å². The smallest absolute Gasteiger partial charge is 0.129 e. The molecule has 0 aromatic heterocycles. The van der Waals surface area contributed by atoms with Gasteiger partial charge in [0.1, 0.15) is 11.5 Å². The van der Waals surface area contributed by atoms with Gasteiger partial charge < -0.3 is 9.47 Å². The van der Waals surface area contributed by atoms with Gasteiger partial charge in [0.15, 0.2) is 0 Å². The van der Waals surface area contributed by atoms with E-state index in [4.69, 9.17) is 9.47 Å². The van der Waals surface area contributed by atoms with Gasteiger partial charge in [-0.25, -0.2) is 0 Å². The summed E-state index contributed by atoms with van der Waals surface area (Å²) in [6.45, 7) is 3.69. The van der Waals surface area contributed by atoms with Crippen LogP contribution in [0.25, 0.3) is 6.08 Å². The Kier molecular flexibility index (Phi) is 2.75. The summed E-state index contributed by atoms with van der Waals surface area (Å²) in [4.78, 5) is 0. The number of benzene rings is 1. The van der Waals surface area contributed by atoms with Crippen LogP contribution in [-0.2, 0) is 0 Å². The van der Waals surface area contributed by atoms with E-state index in [1.54, 1.807) is 20.3 Å². The molecule has 0 radical (unpaired) electrons. The molecule has 0 aliphatic carbocycles. The maximum Gasteiger partial charge on any atom is 0.129 e. The number of ether oxygens (including phenoxy) is 2. The molecule has 0 heterocycles. The van der Waals surface area contributed by atoms with Crippen molar-refractivity contribution in [2.75, 3.05) is 14.2 Å². The van der Waals surface area contributed by atoms with Gasteiger partial charge >= 0.3 is 0 Å². The van der Waals surface area contributed by atoms with Gasteiger partial charge in [-0.3, -0.25) is 0 Å². The van der Waals surface area contributed by atoms with Gasteiger partial charge in [0.25, 0.3) is 0 Å². The molecule has 0 atom stereocenters. The van der Waals surface area contributed by atoms with Crippen molar-refractivity contribution in [3.8, 4) is 11.5 Å². The van der Waals surface area contributed by atoms with E-state index >= 15 is 0 Å². The first-order chi connectivity index (χ1) is 5.83. The van der Waals surface area contributed by atoms with Gasteiger partial charge in [0, 0.05) is 0 Å². The number of rotatable bonds is 3. The molecular weight excluding hydrogens is 152 g/mol. The molecule has 2 nitrogen and oxygen atoms in total. The van der Waals surface area contributed by atoms with Crippen LogP contribution in [0, 0.1) is 0 Å². The minimum atomic E-state index is 0.782. The lowest BCUT2D eigenvalue weighted by Gasteiger charge is -2.08. The van der Waals surface area contributed by atoms with Crippen molar-refractivity contribution in [1.29, 1.82) is 0 Å². The van der Waals surface area contributed by atoms with Crippen LogP contribution < -0.4 is 9.47 Å². The fourth-order valence-electron chi connectivity index (χ4n) is 1.08. The lowest BCUT2D eigenvalue weighted by Crippen LogP contribution is -1.91. The van der Waals surface area contributed by atoms with Crippen LogP contribution in [0.5, 0.6) is 11.5 Å². The van der Waals surface area contributed by atoms with Gasteiger partial charge in [0.2, 0.25) is 0 Å². The second-order valence-electron chi connectivity index (χ2n) is 2.28. The Bertz CT molecular complexity index is 257. The van der Waals surface area contributed by atoms with Gasteiger partial charge in [-0.15, -0.1) is 0 Å². The zero-order valence-corrected chi connectivity index (χ0v) is 7.33. The third kappa shape index (κ3) is 1.42. The van der Waals surface area contributed by atoms with Crippen molar-refractivity contribution in [2.45, 2.75) is 0 Å². The molecule has 1 rings (SSSR count). The highest BCUT2D eigenvalue weighted by Crippen LogP contribution is 2.28. The van der Waals surface area contributed by atoms with Gasteiger partial charge in [-0.1, -0.05) is 18.7 Å². The summed E-state index contributed by atoms with van der Waals surface area (Å²) >= 11 is 0. The van der Waals surface area contributed by atoms with Crippen LogP contribution in [0.4, 0.5) is 0 Å². The van der Waals surface area contributed by atoms with Crippen molar-refractivity contribution in [3.63, 3.8) is 0 Å². The summed E-state index contributed by atoms with van der Waals surface area (Å²) in [6.07, 6.45) is 1.72. The third-order valence-corrected chi connectivity index (χ3v) is 1.67. The standard InChI is InChI=1S/C10H12O2/c1-4-8-9(11-2)6-5-7-10(8)12-3/h4-7H,1H2,2-3H3. The second kappa shape index (κ2) is 3.81. The van der Waals surface area contributed by atoms with Crippen LogP contribution in [-0.4, -0.2) is 14.2 Å². The number of hydrogen-bond donors (Lipinski definition) is 0. The maximum absolute atomic E-state index is 5.13. The Balaban J connectivity index is 3.21. The van der Waals surface area contributed by atoms with Crippen molar-refractivity contribution in [1.82, 2.24) is 0 Å². The fourth-order valence-corrected chi connectivity index (χ4v) is 1.08. The van der Waals surface area contributed by atoms with Crippen molar-refractivity contribution in [2.24, 2.45) is 0 Å². The Morgan fingerprint density at radius 1 is 1.17 bits per heavy atom. The van der Waals surface area contributed by atoms with Gasteiger partial charge in [-0.05, 0) is 12.1 Å². The normalized spacial score (nSPS) is 9.17. The Hall–Kier alpha value is -1.44. The van der Waals surface area contributed by atoms with Crippen LogP contribution in [0.15, 0.2) is 24.8 Å². The third-order valence-electron chi connectivity index (χ3n) is 1.67. The highest BCUT2D eigenvalue weighted by molar-refractivity contribution is 5.62. The zero-order chi connectivity index (χ0) is 8.97. The number of methoxy groups -OCH3 is 2. The summed E-state index contributed by atoms with van der Waals surface area (Å²) in [6, 6.07) is 5.63. The molecule has 0 fully saturated rings. The average Bonchev–Trinajstić information content (AvgIpc) is 2.16. The highest BCUT2D eigenvalue weighted by Gasteiger charge is 2.04. The predicted molar refractivity (Wildman–Crippen MR) is 49.6 cm³/mol. The van der Waals surface area contributed by atoms with Crippen LogP contribution >= 0.6 is 0 Å². The molecule has 0 N–H and O–H groups in total. The topological polar surface area (TPSA) is 18.5 Å². The summed E-state index contributed by atoms with van der Waals surface area (Å²) < 4.78 is 10.3. The SMILES string of the molecule is C=Cc1c(OC)cccc1OC. The summed E-state index contributed by atoms with van der Waals surface area (Å²) in [5, 5.41) is 0. The van der Waals surface area contributed by atoms with E-state index in [1.165, 1.54) is 0 Å². The monoisotopic (exact) mass is 164 g/mol. The van der Waals surface area contributed by atoms with Crippen LogP contribution in [0.1, 0.15) is 5.56 Å². The highest BCUT2D eigenvalue weighted by atomic mass is 16.5. The van der Waals surface area contributed by atoms with E-state index in [0.717, 1.165) is 17.1 Å². The molecule has 1 aromatic rings. The molecule has 0 saturated carbocycles. The second-order valence-corrected chi connectivity index (χ2v) is 2.28. The Morgan fingerprint density at radius 2 is 1.67 bits per heavy atom. The van der Waals surface area contributed by atoms with E-state index in [9.17, 15) is 0 Å².